The third kappa shape index (κ3) is 5.30. The summed E-state index contributed by atoms with van der Waals surface area (Å²) in [6, 6.07) is 0. The van der Waals surface area contributed by atoms with Crippen LogP contribution >= 0.6 is 0 Å². The number of quaternary nitrogens is 1. The standard InChI is InChI=1S/C15H36NO3Si.H2O/c1-8-12-16(13-9-2,14-10-3)15(11-4)20(17-5,18-6)19-7;/h15H,8-14H2,1-7H3;1H2/q+1;/p-1. The summed E-state index contributed by atoms with van der Waals surface area (Å²) in [6.07, 6.45) is 4.57. The number of rotatable bonds is 12. The molecule has 1 N–H and O–H groups in total. The first-order chi connectivity index (χ1) is 9.56. The lowest BCUT2D eigenvalue weighted by atomic mass is 10.2. The lowest BCUT2D eigenvalue weighted by Crippen LogP contribution is -2.70. The van der Waals surface area contributed by atoms with Crippen LogP contribution in [0.25, 0.3) is 0 Å². The highest BCUT2D eigenvalue weighted by atomic mass is 28.4. The third-order valence-corrected chi connectivity index (χ3v) is 7.80. The van der Waals surface area contributed by atoms with Gasteiger partial charge < -0.3 is 23.2 Å². The quantitative estimate of drug-likeness (QED) is 0.409. The summed E-state index contributed by atoms with van der Waals surface area (Å²) in [5.41, 5.74) is 0.322. The van der Waals surface area contributed by atoms with E-state index >= 15 is 0 Å². The van der Waals surface area contributed by atoms with E-state index in [1.807, 2.05) is 0 Å². The van der Waals surface area contributed by atoms with Gasteiger partial charge in [-0.3, -0.25) is 0 Å². The van der Waals surface area contributed by atoms with E-state index in [4.69, 9.17) is 13.3 Å². The van der Waals surface area contributed by atoms with Crippen molar-refractivity contribution in [3.63, 3.8) is 0 Å². The van der Waals surface area contributed by atoms with Crippen LogP contribution in [0, 0.1) is 0 Å². The molecule has 0 aromatic carbocycles. The molecule has 130 valence electrons. The van der Waals surface area contributed by atoms with Crippen molar-refractivity contribution in [3.8, 4) is 0 Å². The minimum absolute atomic E-state index is 0. The monoisotopic (exact) mass is 323 g/mol. The van der Waals surface area contributed by atoms with Gasteiger partial charge in [0, 0.05) is 27.8 Å². The van der Waals surface area contributed by atoms with Gasteiger partial charge in [0.2, 0.25) is 0 Å². The largest absolute Gasteiger partial charge is 0.870 e. The summed E-state index contributed by atoms with van der Waals surface area (Å²) >= 11 is 0. The van der Waals surface area contributed by atoms with Crippen LogP contribution in [0.1, 0.15) is 53.4 Å². The molecule has 1 unspecified atom stereocenters. The minimum atomic E-state index is -2.62. The van der Waals surface area contributed by atoms with Gasteiger partial charge in [0.15, 0.2) is 5.67 Å². The van der Waals surface area contributed by atoms with Crippen LogP contribution in [0.5, 0.6) is 0 Å². The van der Waals surface area contributed by atoms with Crippen molar-refractivity contribution < 1.29 is 23.2 Å². The second kappa shape index (κ2) is 11.6. The minimum Gasteiger partial charge on any atom is -0.870 e. The molecule has 0 heterocycles. The normalized spacial score (nSPS) is 13.9. The van der Waals surface area contributed by atoms with Crippen molar-refractivity contribution in [1.82, 2.24) is 0 Å². The first-order valence-corrected chi connectivity index (χ1v) is 9.87. The molecular formula is C15H37NO4Si. The Labute approximate surface area is 132 Å². The fourth-order valence-corrected chi connectivity index (χ4v) is 6.64. The first-order valence-electron chi connectivity index (χ1n) is 8.07. The lowest BCUT2D eigenvalue weighted by molar-refractivity contribution is -0.943. The van der Waals surface area contributed by atoms with Crippen molar-refractivity contribution in [2.75, 3.05) is 41.0 Å². The molecular weight excluding hydrogens is 286 g/mol. The van der Waals surface area contributed by atoms with Crippen molar-refractivity contribution >= 4 is 8.80 Å². The number of hydrogen-bond donors (Lipinski definition) is 0. The topological polar surface area (TPSA) is 57.7 Å². The Kier molecular flexibility index (Phi) is 12.8. The van der Waals surface area contributed by atoms with Crippen LogP contribution in [0.4, 0.5) is 0 Å². The van der Waals surface area contributed by atoms with E-state index in [1.165, 1.54) is 38.9 Å². The molecule has 0 amide bonds. The average Bonchev–Trinajstić information content (AvgIpc) is 2.45. The van der Waals surface area contributed by atoms with Gasteiger partial charge in [-0.15, -0.1) is 0 Å². The van der Waals surface area contributed by atoms with E-state index in [1.54, 1.807) is 21.3 Å². The van der Waals surface area contributed by atoms with Crippen LogP contribution < -0.4 is 0 Å². The van der Waals surface area contributed by atoms with Crippen molar-refractivity contribution in [3.05, 3.63) is 0 Å². The van der Waals surface area contributed by atoms with Crippen molar-refractivity contribution in [2.45, 2.75) is 59.0 Å². The molecule has 0 aromatic rings. The van der Waals surface area contributed by atoms with Gasteiger partial charge in [-0.2, -0.15) is 0 Å². The molecule has 0 rings (SSSR count). The smallest absolute Gasteiger partial charge is 0.561 e. The second-order valence-corrected chi connectivity index (χ2v) is 8.63. The molecule has 0 aliphatic rings. The lowest BCUT2D eigenvalue weighted by Gasteiger charge is -2.48. The predicted molar refractivity (Wildman–Crippen MR) is 88.5 cm³/mol. The Morgan fingerprint density at radius 2 is 1.10 bits per heavy atom. The molecule has 0 radical (unpaired) electrons. The summed E-state index contributed by atoms with van der Waals surface area (Å²) < 4.78 is 18.5. The predicted octanol–water partition coefficient (Wildman–Crippen LogP) is 3.05. The van der Waals surface area contributed by atoms with Crippen LogP contribution in [-0.4, -0.2) is 65.4 Å². The summed E-state index contributed by atoms with van der Waals surface area (Å²) in [7, 11) is 2.59. The highest BCUT2D eigenvalue weighted by Gasteiger charge is 2.57. The zero-order valence-electron chi connectivity index (χ0n) is 15.1. The molecule has 0 saturated carbocycles. The Hall–Kier alpha value is 0.0169. The third-order valence-electron chi connectivity index (χ3n) is 4.32. The van der Waals surface area contributed by atoms with Gasteiger partial charge in [-0.25, -0.2) is 0 Å². The zero-order chi connectivity index (χ0) is 15.6. The fourth-order valence-electron chi connectivity index (χ4n) is 3.77. The summed E-state index contributed by atoms with van der Waals surface area (Å²) in [5.74, 6) is 0. The fraction of sp³-hybridized carbons (Fsp3) is 1.00. The van der Waals surface area contributed by atoms with E-state index in [-0.39, 0.29) is 5.48 Å². The van der Waals surface area contributed by atoms with Crippen LogP contribution in [0.3, 0.4) is 0 Å². The van der Waals surface area contributed by atoms with E-state index in [2.05, 4.69) is 27.7 Å². The van der Waals surface area contributed by atoms with E-state index < -0.39 is 8.80 Å². The van der Waals surface area contributed by atoms with Crippen molar-refractivity contribution in [1.29, 1.82) is 0 Å². The van der Waals surface area contributed by atoms with Gasteiger partial charge in [0.05, 0.1) is 19.6 Å². The van der Waals surface area contributed by atoms with Crippen molar-refractivity contribution in [2.24, 2.45) is 0 Å². The molecule has 0 aromatic heterocycles. The zero-order valence-corrected chi connectivity index (χ0v) is 16.1. The second-order valence-electron chi connectivity index (χ2n) is 5.53. The van der Waals surface area contributed by atoms with Crippen LogP contribution in [0.15, 0.2) is 0 Å². The van der Waals surface area contributed by atoms with E-state index in [0.29, 0.717) is 5.67 Å². The Morgan fingerprint density at radius 3 is 1.29 bits per heavy atom. The first kappa shape index (κ1) is 23.3. The van der Waals surface area contributed by atoms with Crippen LogP contribution in [0.2, 0.25) is 0 Å². The molecule has 5 nitrogen and oxygen atoms in total. The maximum Gasteiger partial charge on any atom is 0.561 e. The van der Waals surface area contributed by atoms with Gasteiger partial charge in [-0.05, 0) is 19.3 Å². The molecule has 0 fully saturated rings. The van der Waals surface area contributed by atoms with E-state index in [9.17, 15) is 0 Å². The van der Waals surface area contributed by atoms with Gasteiger partial charge >= 0.3 is 8.80 Å². The van der Waals surface area contributed by atoms with Gasteiger partial charge in [-0.1, -0.05) is 27.7 Å². The Morgan fingerprint density at radius 1 is 0.762 bits per heavy atom. The summed E-state index contributed by atoms with van der Waals surface area (Å²) in [6.45, 7) is 12.5. The van der Waals surface area contributed by atoms with Gasteiger partial charge in [0.1, 0.15) is 0 Å². The average molecular weight is 324 g/mol. The Bertz CT molecular complexity index is 225. The molecule has 6 heteroatoms. The summed E-state index contributed by atoms with van der Waals surface area (Å²) in [5, 5.41) is 0. The SMILES string of the molecule is CCC[N+](CCC)(CCC)C(CC)[Si](OC)(OC)OC.[OH-]. The molecule has 0 saturated heterocycles. The summed E-state index contributed by atoms with van der Waals surface area (Å²) in [4.78, 5) is 0. The maximum atomic E-state index is 5.81. The number of nitrogens with zero attached hydrogens (tertiary/aromatic N) is 1. The Balaban J connectivity index is 0. The molecule has 0 aliphatic carbocycles. The molecule has 0 spiro atoms. The highest BCUT2D eigenvalue weighted by molar-refractivity contribution is 6.62. The van der Waals surface area contributed by atoms with Gasteiger partial charge in [0.25, 0.3) is 0 Å². The molecule has 0 aliphatic heterocycles. The molecule has 1 atom stereocenters. The molecule has 0 bridgehead atoms. The highest BCUT2D eigenvalue weighted by Crippen LogP contribution is 2.29. The number of hydrogen-bond acceptors (Lipinski definition) is 4. The van der Waals surface area contributed by atoms with Crippen LogP contribution in [-0.2, 0) is 13.3 Å². The maximum absolute atomic E-state index is 5.81. The molecule has 21 heavy (non-hydrogen) atoms. The van der Waals surface area contributed by atoms with E-state index in [0.717, 1.165) is 10.9 Å².